The van der Waals surface area contributed by atoms with Crippen molar-refractivity contribution in [3.8, 4) is 0 Å². The Kier molecular flexibility index (Phi) is 4.41. The van der Waals surface area contributed by atoms with Gasteiger partial charge in [0, 0.05) is 23.9 Å². The third-order valence-electron chi connectivity index (χ3n) is 5.10. The molecule has 25 heavy (non-hydrogen) atoms. The molecule has 0 radical (unpaired) electrons. The molecule has 7 nitrogen and oxygen atoms in total. The average molecular weight is 343 g/mol. The molecule has 1 saturated heterocycles. The van der Waals surface area contributed by atoms with Crippen LogP contribution in [0.5, 0.6) is 0 Å². The summed E-state index contributed by atoms with van der Waals surface area (Å²) in [4.78, 5) is 19.0. The molecule has 2 aliphatic rings. The third kappa shape index (κ3) is 3.66. The van der Waals surface area contributed by atoms with Gasteiger partial charge < -0.3 is 4.52 Å². The zero-order valence-electron chi connectivity index (χ0n) is 14.9. The van der Waals surface area contributed by atoms with Crippen molar-refractivity contribution in [1.82, 2.24) is 24.8 Å². The van der Waals surface area contributed by atoms with E-state index in [2.05, 4.69) is 34.0 Å². The van der Waals surface area contributed by atoms with Gasteiger partial charge in [0.2, 0.25) is 5.89 Å². The minimum Gasteiger partial charge on any atom is -0.338 e. The summed E-state index contributed by atoms with van der Waals surface area (Å²) in [5.41, 5.74) is 1.04. The first-order chi connectivity index (χ1) is 12.1. The topological polar surface area (TPSA) is 77.0 Å². The average Bonchev–Trinajstić information content (AvgIpc) is 3.18. The van der Waals surface area contributed by atoms with Gasteiger partial charge in [-0.25, -0.2) is 4.68 Å². The van der Waals surface area contributed by atoms with E-state index < -0.39 is 0 Å². The summed E-state index contributed by atoms with van der Waals surface area (Å²) >= 11 is 0. The number of aromatic nitrogens is 4. The highest BCUT2D eigenvalue weighted by molar-refractivity contribution is 5.12. The Hall–Kier alpha value is -2.02. The van der Waals surface area contributed by atoms with Crippen molar-refractivity contribution in [2.24, 2.45) is 0 Å². The second-order valence-corrected chi connectivity index (χ2v) is 7.52. The molecule has 7 heteroatoms. The highest BCUT2D eigenvalue weighted by Crippen LogP contribution is 2.38. The van der Waals surface area contributed by atoms with Gasteiger partial charge in [0.15, 0.2) is 5.82 Å². The molecule has 1 unspecified atom stereocenters. The predicted octanol–water partition coefficient (Wildman–Crippen LogP) is 2.29. The molecule has 4 rings (SSSR count). The van der Waals surface area contributed by atoms with Crippen LogP contribution in [-0.4, -0.2) is 37.4 Å². The van der Waals surface area contributed by atoms with E-state index >= 15 is 0 Å². The van der Waals surface area contributed by atoms with Gasteiger partial charge in [-0.1, -0.05) is 19.0 Å². The van der Waals surface area contributed by atoms with E-state index in [0.29, 0.717) is 24.9 Å². The lowest BCUT2D eigenvalue weighted by Gasteiger charge is -2.23. The summed E-state index contributed by atoms with van der Waals surface area (Å²) in [5.74, 6) is 2.22. The van der Waals surface area contributed by atoms with Crippen molar-refractivity contribution in [1.29, 1.82) is 0 Å². The molecule has 0 amide bonds. The van der Waals surface area contributed by atoms with E-state index in [-0.39, 0.29) is 17.5 Å². The minimum atomic E-state index is -0.0175. The van der Waals surface area contributed by atoms with Gasteiger partial charge in [-0.2, -0.15) is 10.1 Å². The molecule has 2 aromatic heterocycles. The van der Waals surface area contributed by atoms with E-state index in [9.17, 15) is 4.79 Å². The smallest absolute Gasteiger partial charge is 0.266 e. The van der Waals surface area contributed by atoms with Crippen molar-refractivity contribution >= 4 is 0 Å². The number of likely N-dealkylation sites (tertiary alicyclic amines) is 1. The lowest BCUT2D eigenvalue weighted by Crippen LogP contribution is -2.37. The van der Waals surface area contributed by atoms with Crippen molar-refractivity contribution in [2.45, 2.75) is 70.5 Å². The van der Waals surface area contributed by atoms with Crippen molar-refractivity contribution in [2.75, 3.05) is 6.54 Å². The van der Waals surface area contributed by atoms with Crippen LogP contribution in [0.1, 0.15) is 68.8 Å². The molecule has 1 atom stereocenters. The number of nitrogens with zero attached hydrogens (tertiary/aromatic N) is 5. The summed E-state index contributed by atoms with van der Waals surface area (Å²) in [5, 5.41) is 8.63. The maximum atomic E-state index is 12.2. The molecule has 0 N–H and O–H groups in total. The molecule has 0 bridgehead atoms. The van der Waals surface area contributed by atoms with Crippen LogP contribution in [-0.2, 0) is 13.1 Å². The zero-order valence-corrected chi connectivity index (χ0v) is 14.9. The summed E-state index contributed by atoms with van der Waals surface area (Å²) in [6.07, 6.45) is 4.56. The minimum absolute atomic E-state index is 0.0175. The molecular weight excluding hydrogens is 318 g/mol. The number of rotatable bonds is 6. The molecule has 0 aromatic carbocycles. The molecule has 2 aromatic rings. The van der Waals surface area contributed by atoms with Gasteiger partial charge in [0.05, 0.1) is 18.8 Å². The fraction of sp³-hybridized carbons (Fsp3) is 0.667. The van der Waals surface area contributed by atoms with Gasteiger partial charge in [-0.05, 0) is 38.3 Å². The molecule has 1 saturated carbocycles. The molecule has 1 aliphatic heterocycles. The Morgan fingerprint density at radius 3 is 2.84 bits per heavy atom. The summed E-state index contributed by atoms with van der Waals surface area (Å²) in [6.45, 7) is 6.36. The third-order valence-corrected chi connectivity index (χ3v) is 5.10. The van der Waals surface area contributed by atoms with E-state index in [1.165, 1.54) is 12.8 Å². The van der Waals surface area contributed by atoms with Gasteiger partial charge in [0.25, 0.3) is 5.56 Å². The fourth-order valence-corrected chi connectivity index (χ4v) is 3.44. The Balaban J connectivity index is 1.46. The molecule has 3 heterocycles. The summed E-state index contributed by atoms with van der Waals surface area (Å²) in [7, 11) is 0. The SMILES string of the molecule is CC(C)c1noc(CN2CCCC2Cn2nc(C3CC3)ccc2=O)n1. The van der Waals surface area contributed by atoms with Gasteiger partial charge in [0.1, 0.15) is 0 Å². The van der Waals surface area contributed by atoms with Crippen LogP contribution in [0, 0.1) is 0 Å². The molecule has 0 spiro atoms. The fourth-order valence-electron chi connectivity index (χ4n) is 3.44. The molecule has 134 valence electrons. The maximum absolute atomic E-state index is 12.2. The molecule has 2 fully saturated rings. The Bertz CT molecular complexity index is 793. The first-order valence-electron chi connectivity index (χ1n) is 9.25. The van der Waals surface area contributed by atoms with Gasteiger partial charge in [-0.3, -0.25) is 9.69 Å². The van der Waals surface area contributed by atoms with E-state index in [1.54, 1.807) is 10.7 Å². The van der Waals surface area contributed by atoms with Crippen LogP contribution < -0.4 is 5.56 Å². The molecule has 1 aliphatic carbocycles. The van der Waals surface area contributed by atoms with Crippen LogP contribution in [0.25, 0.3) is 0 Å². The first-order valence-corrected chi connectivity index (χ1v) is 9.25. The van der Waals surface area contributed by atoms with Crippen LogP contribution >= 0.6 is 0 Å². The predicted molar refractivity (Wildman–Crippen MR) is 92.3 cm³/mol. The molecular formula is C18H25N5O2. The number of hydrogen-bond donors (Lipinski definition) is 0. The Labute approximate surface area is 147 Å². The lowest BCUT2D eigenvalue weighted by molar-refractivity contribution is 0.190. The van der Waals surface area contributed by atoms with Crippen LogP contribution in [0.15, 0.2) is 21.5 Å². The van der Waals surface area contributed by atoms with Gasteiger partial charge in [-0.15, -0.1) is 0 Å². The second kappa shape index (κ2) is 6.71. The van der Waals surface area contributed by atoms with Gasteiger partial charge >= 0.3 is 0 Å². The lowest BCUT2D eigenvalue weighted by atomic mass is 10.2. The largest absolute Gasteiger partial charge is 0.338 e. The Morgan fingerprint density at radius 2 is 2.12 bits per heavy atom. The van der Waals surface area contributed by atoms with Crippen molar-refractivity contribution in [3.05, 3.63) is 39.9 Å². The highest BCUT2D eigenvalue weighted by atomic mass is 16.5. The van der Waals surface area contributed by atoms with Crippen LogP contribution in [0.3, 0.4) is 0 Å². The standard InChI is InChI=1S/C18H25N5O2/c1-12(2)18-19-16(25-21-18)11-22-9-3-4-14(22)10-23-17(24)8-7-15(20-23)13-5-6-13/h7-8,12-14H,3-6,9-11H2,1-2H3. The quantitative estimate of drug-likeness (QED) is 0.801. The monoisotopic (exact) mass is 343 g/mol. The second-order valence-electron chi connectivity index (χ2n) is 7.52. The van der Waals surface area contributed by atoms with Crippen LogP contribution in [0.4, 0.5) is 0 Å². The van der Waals surface area contributed by atoms with E-state index in [0.717, 1.165) is 30.9 Å². The highest BCUT2D eigenvalue weighted by Gasteiger charge is 2.29. The Morgan fingerprint density at radius 1 is 1.28 bits per heavy atom. The first kappa shape index (κ1) is 16.4. The van der Waals surface area contributed by atoms with E-state index in [4.69, 9.17) is 4.52 Å². The zero-order chi connectivity index (χ0) is 17.4. The summed E-state index contributed by atoms with van der Waals surface area (Å²) < 4.78 is 7.02. The maximum Gasteiger partial charge on any atom is 0.266 e. The van der Waals surface area contributed by atoms with Crippen molar-refractivity contribution in [3.63, 3.8) is 0 Å². The normalized spacial score (nSPS) is 21.3. The van der Waals surface area contributed by atoms with Crippen molar-refractivity contribution < 1.29 is 4.52 Å². The van der Waals surface area contributed by atoms with Crippen LogP contribution in [0.2, 0.25) is 0 Å². The number of hydrogen-bond acceptors (Lipinski definition) is 6. The van der Waals surface area contributed by atoms with E-state index in [1.807, 2.05) is 6.07 Å². The summed E-state index contributed by atoms with van der Waals surface area (Å²) in [6, 6.07) is 3.83.